The number of Topliss-reactive ketones (excluding diaryl/α,β-unsaturated/α-hetero) is 1. The van der Waals surface area contributed by atoms with E-state index in [4.69, 9.17) is 27.9 Å². The Hall–Kier alpha value is -0.800. The SMILES string of the molecule is COc1cc(F)cc(Cl)c1C(=O)CCl. The number of methoxy groups -OCH3 is 1. The van der Waals surface area contributed by atoms with E-state index in [0.717, 1.165) is 12.1 Å². The van der Waals surface area contributed by atoms with E-state index in [1.165, 1.54) is 7.11 Å². The molecule has 0 bridgehead atoms. The monoisotopic (exact) mass is 236 g/mol. The van der Waals surface area contributed by atoms with Gasteiger partial charge in [0.15, 0.2) is 5.78 Å². The van der Waals surface area contributed by atoms with Crippen LogP contribution in [0.1, 0.15) is 10.4 Å². The molecule has 0 N–H and O–H groups in total. The number of alkyl halides is 1. The number of ketones is 1. The molecule has 0 aliphatic carbocycles. The fourth-order valence-corrected chi connectivity index (χ4v) is 1.48. The van der Waals surface area contributed by atoms with Gasteiger partial charge in [-0.1, -0.05) is 11.6 Å². The number of hydrogen-bond acceptors (Lipinski definition) is 2. The minimum atomic E-state index is -0.557. The lowest BCUT2D eigenvalue weighted by Gasteiger charge is -2.08. The minimum Gasteiger partial charge on any atom is -0.496 e. The van der Waals surface area contributed by atoms with Crippen molar-refractivity contribution in [3.05, 3.63) is 28.5 Å². The van der Waals surface area contributed by atoms with Crippen LogP contribution in [0.25, 0.3) is 0 Å². The van der Waals surface area contributed by atoms with Gasteiger partial charge in [-0.15, -0.1) is 11.6 Å². The van der Waals surface area contributed by atoms with E-state index in [1.807, 2.05) is 0 Å². The van der Waals surface area contributed by atoms with Gasteiger partial charge in [0, 0.05) is 6.07 Å². The first kappa shape index (κ1) is 11.3. The summed E-state index contributed by atoms with van der Waals surface area (Å²) in [6.07, 6.45) is 0. The Morgan fingerprint density at radius 3 is 2.71 bits per heavy atom. The number of benzene rings is 1. The molecular formula is C9H7Cl2FO2. The van der Waals surface area contributed by atoms with Crippen LogP contribution in [0.3, 0.4) is 0 Å². The van der Waals surface area contributed by atoms with Gasteiger partial charge in [-0.25, -0.2) is 4.39 Å². The first-order chi connectivity index (χ1) is 6.60. The van der Waals surface area contributed by atoms with Crippen LogP contribution in [-0.4, -0.2) is 18.8 Å². The normalized spacial score (nSPS) is 10.0. The van der Waals surface area contributed by atoms with Gasteiger partial charge in [0.2, 0.25) is 0 Å². The summed E-state index contributed by atoms with van der Waals surface area (Å²) in [5, 5.41) is 0.00694. The highest BCUT2D eigenvalue weighted by atomic mass is 35.5. The lowest BCUT2D eigenvalue weighted by atomic mass is 10.1. The van der Waals surface area contributed by atoms with Crippen molar-refractivity contribution in [2.45, 2.75) is 0 Å². The van der Waals surface area contributed by atoms with Crippen LogP contribution >= 0.6 is 23.2 Å². The van der Waals surface area contributed by atoms with Crippen molar-refractivity contribution in [1.82, 2.24) is 0 Å². The predicted octanol–water partition coefficient (Wildman–Crippen LogP) is 2.91. The van der Waals surface area contributed by atoms with Crippen molar-refractivity contribution < 1.29 is 13.9 Å². The van der Waals surface area contributed by atoms with E-state index < -0.39 is 11.6 Å². The topological polar surface area (TPSA) is 26.3 Å². The van der Waals surface area contributed by atoms with E-state index in [1.54, 1.807) is 0 Å². The third kappa shape index (κ3) is 2.16. The second-order valence-electron chi connectivity index (χ2n) is 2.52. The maximum absolute atomic E-state index is 12.9. The van der Waals surface area contributed by atoms with E-state index in [9.17, 15) is 9.18 Å². The summed E-state index contributed by atoms with van der Waals surface area (Å²) >= 11 is 11.1. The Balaban J connectivity index is 3.32. The van der Waals surface area contributed by atoms with Gasteiger partial charge < -0.3 is 4.74 Å². The molecule has 76 valence electrons. The Morgan fingerprint density at radius 2 is 2.21 bits per heavy atom. The van der Waals surface area contributed by atoms with Crippen molar-refractivity contribution >= 4 is 29.0 Å². The highest BCUT2D eigenvalue weighted by Crippen LogP contribution is 2.28. The van der Waals surface area contributed by atoms with Crippen molar-refractivity contribution in [2.24, 2.45) is 0 Å². The third-order valence-corrected chi connectivity index (χ3v) is 2.18. The first-order valence-corrected chi connectivity index (χ1v) is 4.63. The molecule has 5 heteroatoms. The molecule has 0 fully saturated rings. The Labute approximate surface area is 90.6 Å². The Bertz CT molecular complexity index is 366. The molecule has 1 aromatic carbocycles. The van der Waals surface area contributed by atoms with Crippen molar-refractivity contribution in [3.63, 3.8) is 0 Å². The van der Waals surface area contributed by atoms with Crippen LogP contribution in [0.2, 0.25) is 5.02 Å². The lowest BCUT2D eigenvalue weighted by Crippen LogP contribution is -2.05. The van der Waals surface area contributed by atoms with Crippen molar-refractivity contribution in [3.8, 4) is 5.75 Å². The van der Waals surface area contributed by atoms with Crippen molar-refractivity contribution in [1.29, 1.82) is 0 Å². The number of ether oxygens (including phenoxy) is 1. The van der Waals surface area contributed by atoms with E-state index in [2.05, 4.69) is 0 Å². The maximum Gasteiger partial charge on any atom is 0.182 e. The van der Waals surface area contributed by atoms with Crippen LogP contribution in [0.15, 0.2) is 12.1 Å². The quantitative estimate of drug-likeness (QED) is 0.596. The molecule has 0 saturated carbocycles. The zero-order valence-electron chi connectivity index (χ0n) is 7.31. The maximum atomic E-state index is 12.9. The van der Waals surface area contributed by atoms with E-state index >= 15 is 0 Å². The summed E-state index contributed by atoms with van der Waals surface area (Å²) in [7, 11) is 1.33. The molecule has 0 heterocycles. The average Bonchev–Trinajstić information content (AvgIpc) is 2.15. The summed E-state index contributed by atoms with van der Waals surface area (Å²) < 4.78 is 17.7. The summed E-state index contributed by atoms with van der Waals surface area (Å²) in [6, 6.07) is 2.13. The summed E-state index contributed by atoms with van der Waals surface area (Å²) in [5.74, 6) is -1.08. The van der Waals surface area contributed by atoms with E-state index in [-0.39, 0.29) is 22.2 Å². The smallest absolute Gasteiger partial charge is 0.182 e. The Morgan fingerprint density at radius 1 is 1.57 bits per heavy atom. The zero-order chi connectivity index (χ0) is 10.7. The number of carbonyl (C=O) groups is 1. The van der Waals surface area contributed by atoms with Gasteiger partial charge in [-0.3, -0.25) is 4.79 Å². The van der Waals surface area contributed by atoms with Gasteiger partial charge >= 0.3 is 0 Å². The largest absolute Gasteiger partial charge is 0.496 e. The molecule has 0 amide bonds. The predicted molar refractivity (Wildman–Crippen MR) is 53.0 cm³/mol. The van der Waals surface area contributed by atoms with Gasteiger partial charge in [0.05, 0.1) is 23.6 Å². The summed E-state index contributed by atoms with van der Waals surface area (Å²) in [4.78, 5) is 11.3. The molecular weight excluding hydrogens is 230 g/mol. The minimum absolute atomic E-state index is 0.00694. The number of hydrogen-bond donors (Lipinski definition) is 0. The molecule has 0 aromatic heterocycles. The fraction of sp³-hybridized carbons (Fsp3) is 0.222. The number of rotatable bonds is 3. The average molecular weight is 237 g/mol. The molecule has 0 aliphatic heterocycles. The molecule has 0 radical (unpaired) electrons. The van der Waals surface area contributed by atoms with Crippen LogP contribution < -0.4 is 4.74 Å². The standard InChI is InChI=1S/C9H7Cl2FO2/c1-14-8-3-5(12)2-6(11)9(8)7(13)4-10/h2-3H,4H2,1H3. The van der Waals surface area contributed by atoms with Crippen LogP contribution in [0.4, 0.5) is 4.39 Å². The molecule has 0 atom stereocenters. The van der Waals surface area contributed by atoms with Crippen LogP contribution in [0.5, 0.6) is 5.75 Å². The highest BCUT2D eigenvalue weighted by Gasteiger charge is 2.16. The summed E-state index contributed by atoms with van der Waals surface area (Å²) in [5.41, 5.74) is 0.116. The number of carbonyl (C=O) groups excluding carboxylic acids is 1. The molecule has 1 aromatic rings. The molecule has 0 saturated heterocycles. The number of halogens is 3. The van der Waals surface area contributed by atoms with Gasteiger partial charge in [-0.2, -0.15) is 0 Å². The molecule has 14 heavy (non-hydrogen) atoms. The Kier molecular flexibility index (Phi) is 3.72. The van der Waals surface area contributed by atoms with Gasteiger partial charge in [0.1, 0.15) is 11.6 Å². The lowest BCUT2D eigenvalue weighted by molar-refractivity contribution is 0.101. The summed E-state index contributed by atoms with van der Waals surface area (Å²) in [6.45, 7) is 0. The fourth-order valence-electron chi connectivity index (χ4n) is 1.05. The first-order valence-electron chi connectivity index (χ1n) is 3.72. The molecule has 0 unspecified atom stereocenters. The molecule has 1 rings (SSSR count). The molecule has 0 aliphatic rings. The highest BCUT2D eigenvalue weighted by molar-refractivity contribution is 6.37. The van der Waals surface area contributed by atoms with Crippen LogP contribution in [-0.2, 0) is 0 Å². The third-order valence-electron chi connectivity index (χ3n) is 1.64. The van der Waals surface area contributed by atoms with Crippen molar-refractivity contribution in [2.75, 3.05) is 13.0 Å². The van der Waals surface area contributed by atoms with Gasteiger partial charge in [0.25, 0.3) is 0 Å². The molecule has 0 spiro atoms. The second-order valence-corrected chi connectivity index (χ2v) is 3.20. The van der Waals surface area contributed by atoms with E-state index in [0.29, 0.717) is 0 Å². The van der Waals surface area contributed by atoms with Gasteiger partial charge in [-0.05, 0) is 6.07 Å². The van der Waals surface area contributed by atoms with Crippen LogP contribution in [0, 0.1) is 5.82 Å². The molecule has 2 nitrogen and oxygen atoms in total. The second kappa shape index (κ2) is 4.62. The zero-order valence-corrected chi connectivity index (χ0v) is 8.82.